The number of nitrogens with zero attached hydrogens (tertiary/aromatic N) is 1. The Bertz CT molecular complexity index is 661. The molecule has 1 heterocycles. The van der Waals surface area contributed by atoms with Gasteiger partial charge < -0.3 is 15.4 Å². The second-order valence-corrected chi connectivity index (χ2v) is 8.77. The summed E-state index contributed by atoms with van der Waals surface area (Å²) in [4.78, 5) is 13.4. The van der Waals surface area contributed by atoms with Crippen LogP contribution in [0.3, 0.4) is 0 Å². The fourth-order valence-corrected chi connectivity index (χ4v) is 4.73. The molecule has 1 amide bonds. The average molecular weight is 371 g/mol. The first-order valence-corrected chi connectivity index (χ1v) is 11.0. The molecule has 1 aromatic carbocycles. The highest BCUT2D eigenvalue weighted by atomic mass is 16.5. The molecule has 4 rings (SSSR count). The van der Waals surface area contributed by atoms with Gasteiger partial charge in [0.05, 0.1) is 6.61 Å². The van der Waals surface area contributed by atoms with Gasteiger partial charge in [-0.05, 0) is 106 Å². The third kappa shape index (κ3) is 4.84. The van der Waals surface area contributed by atoms with Crippen LogP contribution in [0.5, 0.6) is 5.75 Å². The first kappa shape index (κ1) is 18.8. The largest absolute Gasteiger partial charge is 0.493 e. The number of hydrogen-bond donors (Lipinski definition) is 1. The summed E-state index contributed by atoms with van der Waals surface area (Å²) >= 11 is 0. The van der Waals surface area contributed by atoms with Gasteiger partial charge in [-0.1, -0.05) is 12.1 Å². The van der Waals surface area contributed by atoms with Crippen LogP contribution < -0.4 is 10.5 Å². The van der Waals surface area contributed by atoms with E-state index in [0.717, 1.165) is 38.6 Å². The van der Waals surface area contributed by atoms with Gasteiger partial charge in [0.15, 0.2) is 0 Å². The fourth-order valence-electron chi connectivity index (χ4n) is 4.73. The summed E-state index contributed by atoms with van der Waals surface area (Å²) in [5, 5.41) is 0. The number of nitrogens with two attached hydrogens (primary N) is 1. The van der Waals surface area contributed by atoms with Crippen LogP contribution in [-0.4, -0.2) is 37.0 Å². The lowest BCUT2D eigenvalue weighted by Gasteiger charge is -2.34. The monoisotopic (exact) mass is 370 g/mol. The first-order chi connectivity index (χ1) is 13.2. The van der Waals surface area contributed by atoms with E-state index in [0.29, 0.717) is 12.3 Å². The van der Waals surface area contributed by atoms with Crippen molar-refractivity contribution in [1.82, 2.24) is 4.90 Å². The molecule has 4 heteroatoms. The molecule has 0 spiro atoms. The van der Waals surface area contributed by atoms with Crippen molar-refractivity contribution >= 4 is 5.91 Å². The topological polar surface area (TPSA) is 55.6 Å². The van der Waals surface area contributed by atoms with E-state index >= 15 is 0 Å². The summed E-state index contributed by atoms with van der Waals surface area (Å²) in [5.74, 6) is 2.48. The Morgan fingerprint density at radius 3 is 2.63 bits per heavy atom. The lowest BCUT2D eigenvalue weighted by Crippen LogP contribution is -2.34. The highest BCUT2D eigenvalue weighted by Gasteiger charge is 2.28. The van der Waals surface area contributed by atoms with Crippen LogP contribution in [0.4, 0.5) is 0 Å². The Morgan fingerprint density at radius 1 is 1.11 bits per heavy atom. The number of aryl methyl sites for hydroxylation is 1. The second kappa shape index (κ2) is 8.64. The van der Waals surface area contributed by atoms with E-state index in [4.69, 9.17) is 10.5 Å². The molecule has 148 valence electrons. The minimum Gasteiger partial charge on any atom is -0.493 e. The number of ether oxygens (including phenoxy) is 1. The van der Waals surface area contributed by atoms with Crippen molar-refractivity contribution in [1.29, 1.82) is 0 Å². The SMILES string of the molecule is NC(=O)CCCN1CCC(c2ccc3c(c2OCC2CC2)CCCC3)CC1. The number of likely N-dealkylation sites (tertiary alicyclic amines) is 1. The van der Waals surface area contributed by atoms with Crippen LogP contribution in [0.2, 0.25) is 0 Å². The average Bonchev–Trinajstić information content (AvgIpc) is 3.51. The van der Waals surface area contributed by atoms with Crippen molar-refractivity contribution in [3.8, 4) is 5.75 Å². The molecular formula is C23H34N2O2. The number of primary amides is 1. The van der Waals surface area contributed by atoms with Crippen molar-refractivity contribution in [3.05, 3.63) is 28.8 Å². The van der Waals surface area contributed by atoms with Gasteiger partial charge in [0, 0.05) is 6.42 Å². The Kier molecular flexibility index (Phi) is 6.01. The predicted molar refractivity (Wildman–Crippen MR) is 108 cm³/mol. The number of piperidine rings is 1. The fraction of sp³-hybridized carbons (Fsp3) is 0.696. The number of benzene rings is 1. The van der Waals surface area contributed by atoms with Gasteiger partial charge >= 0.3 is 0 Å². The third-order valence-corrected chi connectivity index (χ3v) is 6.60. The Hall–Kier alpha value is -1.55. The minimum atomic E-state index is -0.184. The summed E-state index contributed by atoms with van der Waals surface area (Å²) in [6.07, 6.45) is 11.5. The van der Waals surface area contributed by atoms with Gasteiger partial charge in [-0.25, -0.2) is 0 Å². The standard InChI is InChI=1S/C23H34N2O2/c24-22(26)6-3-13-25-14-11-19(12-15-25)21-10-9-18-4-1-2-5-20(18)23(21)27-16-17-7-8-17/h9-10,17,19H,1-8,11-16H2,(H2,24,26). The molecule has 4 nitrogen and oxygen atoms in total. The molecule has 0 atom stereocenters. The molecule has 1 aliphatic heterocycles. The zero-order chi connectivity index (χ0) is 18.6. The van der Waals surface area contributed by atoms with Crippen molar-refractivity contribution in [3.63, 3.8) is 0 Å². The van der Waals surface area contributed by atoms with Gasteiger partial charge in [-0.15, -0.1) is 0 Å². The maximum absolute atomic E-state index is 10.9. The molecule has 2 aliphatic carbocycles. The van der Waals surface area contributed by atoms with Crippen molar-refractivity contribution in [2.24, 2.45) is 11.7 Å². The number of carbonyl (C=O) groups excluding carboxylic acids is 1. The molecule has 0 aromatic heterocycles. The maximum Gasteiger partial charge on any atom is 0.217 e. The summed E-state index contributed by atoms with van der Waals surface area (Å²) in [6.45, 7) is 4.13. The van der Waals surface area contributed by atoms with Crippen LogP contribution in [-0.2, 0) is 17.6 Å². The Labute approximate surface area is 163 Å². The van der Waals surface area contributed by atoms with Crippen molar-refractivity contribution in [2.45, 2.75) is 70.1 Å². The van der Waals surface area contributed by atoms with Crippen LogP contribution in [0.25, 0.3) is 0 Å². The van der Waals surface area contributed by atoms with Gasteiger partial charge in [-0.2, -0.15) is 0 Å². The number of hydrogen-bond acceptors (Lipinski definition) is 3. The van der Waals surface area contributed by atoms with E-state index in [2.05, 4.69) is 17.0 Å². The number of fused-ring (bicyclic) bond motifs is 1. The van der Waals surface area contributed by atoms with E-state index in [1.54, 1.807) is 0 Å². The molecule has 27 heavy (non-hydrogen) atoms. The van der Waals surface area contributed by atoms with Gasteiger partial charge in [0.25, 0.3) is 0 Å². The third-order valence-electron chi connectivity index (χ3n) is 6.60. The zero-order valence-corrected chi connectivity index (χ0v) is 16.5. The molecule has 1 saturated carbocycles. The summed E-state index contributed by atoms with van der Waals surface area (Å²) in [5.41, 5.74) is 9.77. The van der Waals surface area contributed by atoms with E-state index in [9.17, 15) is 4.79 Å². The number of amides is 1. The molecule has 0 unspecified atom stereocenters. The molecule has 0 bridgehead atoms. The maximum atomic E-state index is 10.9. The van der Waals surface area contributed by atoms with Gasteiger partial charge in [0.1, 0.15) is 5.75 Å². The van der Waals surface area contributed by atoms with Crippen LogP contribution >= 0.6 is 0 Å². The van der Waals surface area contributed by atoms with Crippen LogP contribution in [0, 0.1) is 5.92 Å². The minimum absolute atomic E-state index is 0.184. The second-order valence-electron chi connectivity index (χ2n) is 8.77. The molecule has 0 radical (unpaired) electrons. The van der Waals surface area contributed by atoms with E-state index in [-0.39, 0.29) is 5.91 Å². The summed E-state index contributed by atoms with van der Waals surface area (Å²) in [6, 6.07) is 4.76. The molecule has 2 N–H and O–H groups in total. The highest BCUT2D eigenvalue weighted by Crippen LogP contribution is 2.41. The highest BCUT2D eigenvalue weighted by molar-refractivity contribution is 5.73. The van der Waals surface area contributed by atoms with Gasteiger partial charge in [-0.3, -0.25) is 4.79 Å². The van der Waals surface area contributed by atoms with Crippen LogP contribution in [0.1, 0.15) is 74.0 Å². The quantitative estimate of drug-likeness (QED) is 0.757. The summed E-state index contributed by atoms with van der Waals surface area (Å²) in [7, 11) is 0. The smallest absolute Gasteiger partial charge is 0.217 e. The lowest BCUT2D eigenvalue weighted by atomic mass is 9.83. The van der Waals surface area contributed by atoms with Crippen molar-refractivity contribution in [2.75, 3.05) is 26.2 Å². The first-order valence-electron chi connectivity index (χ1n) is 11.0. The zero-order valence-electron chi connectivity index (χ0n) is 16.5. The normalized spacial score (nSPS) is 21.0. The Balaban J connectivity index is 1.42. The molecule has 2 fully saturated rings. The molecular weight excluding hydrogens is 336 g/mol. The molecule has 1 aromatic rings. The van der Waals surface area contributed by atoms with E-state index in [1.165, 1.54) is 73.8 Å². The number of rotatable bonds is 8. The molecule has 1 saturated heterocycles. The van der Waals surface area contributed by atoms with Crippen molar-refractivity contribution < 1.29 is 9.53 Å². The van der Waals surface area contributed by atoms with E-state index in [1.807, 2.05) is 0 Å². The number of carbonyl (C=O) groups is 1. The Morgan fingerprint density at radius 2 is 1.89 bits per heavy atom. The van der Waals surface area contributed by atoms with E-state index < -0.39 is 0 Å². The van der Waals surface area contributed by atoms with Crippen LogP contribution in [0.15, 0.2) is 12.1 Å². The van der Waals surface area contributed by atoms with Gasteiger partial charge in [0.2, 0.25) is 5.91 Å². The molecule has 3 aliphatic rings. The lowest BCUT2D eigenvalue weighted by molar-refractivity contribution is -0.118. The predicted octanol–water partition coefficient (Wildman–Crippen LogP) is 3.80. The summed E-state index contributed by atoms with van der Waals surface area (Å²) < 4.78 is 6.47.